The number of nitrogens with zero attached hydrogens (tertiary/aromatic N) is 2. The lowest BCUT2D eigenvalue weighted by Crippen LogP contribution is -2.45. The summed E-state index contributed by atoms with van der Waals surface area (Å²) in [7, 11) is -3.51. The molecule has 2 aromatic rings. The Morgan fingerprint density at radius 1 is 1.00 bits per heavy atom. The largest absolute Gasteiger partial charge is 0.365 e. The van der Waals surface area contributed by atoms with Gasteiger partial charge in [-0.15, -0.1) is 0 Å². The summed E-state index contributed by atoms with van der Waals surface area (Å²) >= 11 is 0. The van der Waals surface area contributed by atoms with Gasteiger partial charge in [-0.05, 0) is 37.6 Å². The highest BCUT2D eigenvalue weighted by Crippen LogP contribution is 2.57. The third-order valence-electron chi connectivity index (χ3n) is 6.72. The zero-order valence-corrected chi connectivity index (χ0v) is 17.4. The predicted octanol–water partition coefficient (Wildman–Crippen LogP) is 3.94. The standard InChI is InChI=1S/C23H26N2O2S/c1-16-8-10-18(11-9-16)28(26,27)24-12-13-25-20-7-5-4-6-19(20)21-17(2)14-23(3,15-24)22(21)25/h4-11,14,21-22H,12-13,15H2,1-3H3/t21?,22?,23-/m1/s1. The van der Waals surface area contributed by atoms with Gasteiger partial charge >= 0.3 is 0 Å². The second kappa shape index (κ2) is 5.94. The van der Waals surface area contributed by atoms with Crippen molar-refractivity contribution < 1.29 is 8.42 Å². The van der Waals surface area contributed by atoms with Crippen LogP contribution in [0.1, 0.15) is 30.9 Å². The van der Waals surface area contributed by atoms with E-state index in [2.05, 4.69) is 49.1 Å². The second-order valence-corrected chi connectivity index (χ2v) is 10.7. The molecule has 1 fully saturated rings. The Labute approximate surface area is 167 Å². The fourth-order valence-electron chi connectivity index (χ4n) is 5.58. The summed E-state index contributed by atoms with van der Waals surface area (Å²) in [5.41, 5.74) is 4.88. The second-order valence-electron chi connectivity index (χ2n) is 8.72. The summed E-state index contributed by atoms with van der Waals surface area (Å²) < 4.78 is 28.5. The van der Waals surface area contributed by atoms with E-state index in [1.807, 2.05) is 19.1 Å². The van der Waals surface area contributed by atoms with Gasteiger partial charge in [0.2, 0.25) is 10.0 Å². The molecule has 2 aliphatic heterocycles. The topological polar surface area (TPSA) is 40.6 Å². The van der Waals surface area contributed by atoms with Crippen LogP contribution in [0.4, 0.5) is 5.69 Å². The van der Waals surface area contributed by atoms with Crippen LogP contribution in [-0.4, -0.2) is 38.4 Å². The molecule has 3 atom stereocenters. The van der Waals surface area contributed by atoms with Crippen LogP contribution in [0.25, 0.3) is 0 Å². The molecule has 5 heteroatoms. The van der Waals surface area contributed by atoms with Gasteiger partial charge in [0.15, 0.2) is 0 Å². The van der Waals surface area contributed by atoms with Gasteiger partial charge in [-0.25, -0.2) is 8.42 Å². The van der Waals surface area contributed by atoms with E-state index in [-0.39, 0.29) is 5.41 Å². The van der Waals surface area contributed by atoms with Crippen molar-refractivity contribution in [3.05, 3.63) is 71.3 Å². The number of fused-ring (bicyclic) bond motifs is 3. The summed E-state index contributed by atoms with van der Waals surface area (Å²) in [6, 6.07) is 16.1. The van der Waals surface area contributed by atoms with Crippen LogP contribution >= 0.6 is 0 Å². The van der Waals surface area contributed by atoms with E-state index in [0.29, 0.717) is 29.9 Å². The fraction of sp³-hybridized carbons (Fsp3) is 0.391. The number of anilines is 1. The lowest BCUT2D eigenvalue weighted by atomic mass is 9.81. The lowest BCUT2D eigenvalue weighted by molar-refractivity contribution is 0.287. The summed E-state index contributed by atoms with van der Waals surface area (Å²) in [5, 5.41) is 0. The van der Waals surface area contributed by atoms with Gasteiger partial charge in [-0.1, -0.05) is 54.5 Å². The molecule has 3 aliphatic rings. The molecule has 0 saturated carbocycles. The van der Waals surface area contributed by atoms with E-state index < -0.39 is 10.0 Å². The Morgan fingerprint density at radius 2 is 1.71 bits per heavy atom. The van der Waals surface area contributed by atoms with Crippen molar-refractivity contribution in [2.75, 3.05) is 24.5 Å². The zero-order chi connectivity index (χ0) is 19.7. The number of aryl methyl sites for hydroxylation is 1. The Hall–Kier alpha value is -2.11. The van der Waals surface area contributed by atoms with Crippen molar-refractivity contribution in [1.29, 1.82) is 0 Å². The SMILES string of the molecule is CC1=C[C@]2(C)CN(S(=O)(=O)c3ccc(C)cc3)CCN3c4ccccc4C1C32. The molecule has 0 aromatic heterocycles. The number of para-hydroxylation sites is 1. The monoisotopic (exact) mass is 394 g/mol. The molecule has 0 N–H and O–H groups in total. The van der Waals surface area contributed by atoms with Crippen molar-refractivity contribution >= 4 is 15.7 Å². The molecule has 2 heterocycles. The molecule has 2 unspecified atom stereocenters. The first kappa shape index (κ1) is 18.0. The molecular formula is C23H26N2O2S. The fourth-order valence-corrected chi connectivity index (χ4v) is 7.13. The Kier molecular flexibility index (Phi) is 3.81. The first-order valence-corrected chi connectivity index (χ1v) is 11.4. The van der Waals surface area contributed by atoms with E-state index >= 15 is 0 Å². The van der Waals surface area contributed by atoms with Gasteiger partial charge in [0, 0.05) is 42.7 Å². The molecule has 146 valence electrons. The maximum Gasteiger partial charge on any atom is 0.243 e. The van der Waals surface area contributed by atoms with Crippen LogP contribution in [0.2, 0.25) is 0 Å². The highest BCUT2D eigenvalue weighted by molar-refractivity contribution is 7.89. The summed E-state index contributed by atoms with van der Waals surface area (Å²) in [4.78, 5) is 2.84. The third-order valence-corrected chi connectivity index (χ3v) is 8.58. The first-order valence-electron chi connectivity index (χ1n) is 9.93. The van der Waals surface area contributed by atoms with Crippen molar-refractivity contribution in [3.63, 3.8) is 0 Å². The quantitative estimate of drug-likeness (QED) is 0.725. The maximum absolute atomic E-state index is 13.4. The first-order chi connectivity index (χ1) is 13.3. The average molecular weight is 395 g/mol. The van der Waals surface area contributed by atoms with Crippen molar-refractivity contribution in [1.82, 2.24) is 4.31 Å². The van der Waals surface area contributed by atoms with E-state index in [0.717, 1.165) is 12.1 Å². The zero-order valence-electron chi connectivity index (χ0n) is 16.6. The third kappa shape index (κ3) is 2.42. The average Bonchev–Trinajstić information content (AvgIpc) is 3.07. The van der Waals surface area contributed by atoms with Crippen molar-refractivity contribution in [2.24, 2.45) is 5.41 Å². The highest BCUT2D eigenvalue weighted by Gasteiger charge is 2.55. The van der Waals surface area contributed by atoms with Gasteiger partial charge in [-0.3, -0.25) is 0 Å². The highest BCUT2D eigenvalue weighted by atomic mass is 32.2. The number of hydrogen-bond acceptors (Lipinski definition) is 3. The molecule has 1 saturated heterocycles. The maximum atomic E-state index is 13.4. The number of rotatable bonds is 2. The molecule has 4 nitrogen and oxygen atoms in total. The lowest BCUT2D eigenvalue weighted by Gasteiger charge is -2.36. The smallest absolute Gasteiger partial charge is 0.243 e. The minimum Gasteiger partial charge on any atom is -0.365 e. The molecule has 28 heavy (non-hydrogen) atoms. The van der Waals surface area contributed by atoms with E-state index in [1.165, 1.54) is 16.8 Å². The van der Waals surface area contributed by atoms with Crippen molar-refractivity contribution in [3.8, 4) is 0 Å². The molecular weight excluding hydrogens is 368 g/mol. The number of benzene rings is 2. The molecule has 2 aromatic carbocycles. The predicted molar refractivity (Wildman–Crippen MR) is 112 cm³/mol. The minimum absolute atomic E-state index is 0.206. The minimum atomic E-state index is -3.51. The Morgan fingerprint density at radius 3 is 2.46 bits per heavy atom. The van der Waals surface area contributed by atoms with Crippen LogP contribution in [0, 0.1) is 12.3 Å². The van der Waals surface area contributed by atoms with E-state index in [4.69, 9.17) is 0 Å². The van der Waals surface area contributed by atoms with Gasteiger partial charge in [0.1, 0.15) is 0 Å². The van der Waals surface area contributed by atoms with Gasteiger partial charge in [-0.2, -0.15) is 4.31 Å². The van der Waals surface area contributed by atoms with Crippen LogP contribution < -0.4 is 4.90 Å². The molecule has 0 bridgehead atoms. The van der Waals surface area contributed by atoms with Crippen LogP contribution in [-0.2, 0) is 10.0 Å². The van der Waals surface area contributed by atoms with Crippen LogP contribution in [0.3, 0.4) is 0 Å². The van der Waals surface area contributed by atoms with E-state index in [1.54, 1.807) is 16.4 Å². The van der Waals surface area contributed by atoms with Gasteiger partial charge < -0.3 is 4.90 Å². The molecule has 0 amide bonds. The van der Waals surface area contributed by atoms with Crippen LogP contribution in [0.5, 0.6) is 0 Å². The van der Waals surface area contributed by atoms with Gasteiger partial charge in [0.25, 0.3) is 0 Å². The Bertz CT molecular complexity index is 1070. The molecule has 0 radical (unpaired) electrons. The number of hydrogen-bond donors (Lipinski definition) is 0. The molecule has 1 aliphatic carbocycles. The van der Waals surface area contributed by atoms with Crippen LogP contribution in [0.15, 0.2) is 65.1 Å². The van der Waals surface area contributed by atoms with Crippen molar-refractivity contribution in [2.45, 2.75) is 37.6 Å². The van der Waals surface area contributed by atoms with Gasteiger partial charge in [0.05, 0.1) is 4.90 Å². The summed E-state index contributed by atoms with van der Waals surface area (Å²) in [6.07, 6.45) is 2.33. The number of sulfonamides is 1. The normalized spacial score (nSPS) is 29.2. The molecule has 5 rings (SSSR count). The molecule has 0 spiro atoms. The Balaban J connectivity index is 1.57. The van der Waals surface area contributed by atoms with E-state index in [9.17, 15) is 8.42 Å². The summed E-state index contributed by atoms with van der Waals surface area (Å²) in [6.45, 7) is 8.15. The summed E-state index contributed by atoms with van der Waals surface area (Å²) in [5.74, 6) is 0.364.